The van der Waals surface area contributed by atoms with Gasteiger partial charge in [0.2, 0.25) is 5.91 Å². The fraction of sp³-hybridized carbons (Fsp3) is 0.562. The number of anilines is 1. The van der Waals surface area contributed by atoms with Crippen molar-refractivity contribution in [2.45, 2.75) is 12.5 Å². The Hall–Kier alpha value is -0.370. The van der Waals surface area contributed by atoms with Crippen LogP contribution in [0.4, 0.5) is 5.69 Å². The van der Waals surface area contributed by atoms with Gasteiger partial charge in [-0.15, -0.1) is 24.8 Å². The molecule has 0 aromatic heterocycles. The number of likely N-dealkylation sites (N-methyl/N-ethyl adjacent to an activating group) is 1. The normalized spacial score (nSPS) is 16.6. The number of thioether (sulfide) groups is 1. The quantitative estimate of drug-likeness (QED) is 0.696. The van der Waals surface area contributed by atoms with Crippen molar-refractivity contribution in [3.05, 3.63) is 23.2 Å². The predicted octanol–water partition coefficient (Wildman–Crippen LogP) is 3.16. The van der Waals surface area contributed by atoms with E-state index in [2.05, 4.69) is 10.6 Å². The molecule has 0 bridgehead atoms. The van der Waals surface area contributed by atoms with Crippen LogP contribution in [-0.2, 0) is 4.79 Å². The molecule has 25 heavy (non-hydrogen) atoms. The van der Waals surface area contributed by atoms with Crippen LogP contribution in [0.1, 0.15) is 6.42 Å². The SMILES string of the molecule is CN(C)CCOc1ccc(NC(=O)CC2CSCCN2)cc1Cl.Cl.Cl. The number of rotatable bonds is 7. The van der Waals surface area contributed by atoms with Crippen LogP contribution in [-0.4, -0.2) is 62.1 Å². The molecule has 0 spiro atoms. The molecule has 1 fully saturated rings. The molecule has 1 aromatic carbocycles. The van der Waals surface area contributed by atoms with Crippen LogP contribution in [0.5, 0.6) is 5.75 Å². The highest BCUT2D eigenvalue weighted by molar-refractivity contribution is 7.99. The molecule has 1 aliphatic heterocycles. The van der Waals surface area contributed by atoms with Gasteiger partial charge in [-0.05, 0) is 32.3 Å². The summed E-state index contributed by atoms with van der Waals surface area (Å²) in [6, 6.07) is 5.59. The second-order valence-electron chi connectivity index (χ2n) is 5.78. The maximum atomic E-state index is 12.1. The zero-order valence-corrected chi connectivity index (χ0v) is 17.6. The van der Waals surface area contributed by atoms with Crippen molar-refractivity contribution in [2.75, 3.05) is 50.6 Å². The third kappa shape index (κ3) is 9.22. The maximum Gasteiger partial charge on any atom is 0.225 e. The summed E-state index contributed by atoms with van der Waals surface area (Å²) in [4.78, 5) is 14.1. The van der Waals surface area contributed by atoms with E-state index >= 15 is 0 Å². The molecule has 1 atom stereocenters. The van der Waals surface area contributed by atoms with Crippen LogP contribution < -0.4 is 15.4 Å². The molecule has 0 aliphatic carbocycles. The summed E-state index contributed by atoms with van der Waals surface area (Å²) in [5.41, 5.74) is 0.698. The summed E-state index contributed by atoms with van der Waals surface area (Å²) in [7, 11) is 3.98. The topological polar surface area (TPSA) is 53.6 Å². The average Bonchev–Trinajstić information content (AvgIpc) is 2.50. The highest BCUT2D eigenvalue weighted by atomic mass is 35.5. The van der Waals surface area contributed by atoms with Gasteiger partial charge in [-0.3, -0.25) is 4.79 Å². The number of nitrogens with zero attached hydrogens (tertiary/aromatic N) is 1. The van der Waals surface area contributed by atoms with E-state index in [1.54, 1.807) is 12.1 Å². The first-order valence-electron chi connectivity index (χ1n) is 7.72. The smallest absolute Gasteiger partial charge is 0.225 e. The molecular weight excluding hydrogens is 405 g/mol. The first-order chi connectivity index (χ1) is 11.0. The van der Waals surface area contributed by atoms with Gasteiger partial charge in [-0.1, -0.05) is 11.6 Å². The summed E-state index contributed by atoms with van der Waals surface area (Å²) in [6.45, 7) is 2.36. The molecule has 0 saturated carbocycles. The van der Waals surface area contributed by atoms with Gasteiger partial charge in [-0.25, -0.2) is 0 Å². The molecule has 2 N–H and O–H groups in total. The van der Waals surface area contributed by atoms with Gasteiger partial charge >= 0.3 is 0 Å². The highest BCUT2D eigenvalue weighted by Gasteiger charge is 2.17. The lowest BCUT2D eigenvalue weighted by atomic mass is 10.2. The van der Waals surface area contributed by atoms with Gasteiger partial charge in [0.05, 0.1) is 5.02 Å². The minimum atomic E-state index is 0. The van der Waals surface area contributed by atoms with Crippen molar-refractivity contribution >= 4 is 59.8 Å². The number of hydrogen-bond donors (Lipinski definition) is 2. The van der Waals surface area contributed by atoms with E-state index in [1.165, 1.54) is 0 Å². The third-order valence-electron chi connectivity index (χ3n) is 3.44. The lowest BCUT2D eigenvalue weighted by molar-refractivity contribution is -0.116. The van der Waals surface area contributed by atoms with Crippen LogP contribution in [0.25, 0.3) is 0 Å². The number of nitrogens with one attached hydrogen (secondary N) is 2. The third-order valence-corrected chi connectivity index (χ3v) is 4.87. The van der Waals surface area contributed by atoms with E-state index in [-0.39, 0.29) is 36.8 Å². The molecule has 9 heteroatoms. The molecule has 5 nitrogen and oxygen atoms in total. The molecule has 1 amide bonds. The van der Waals surface area contributed by atoms with Gasteiger partial charge in [0.15, 0.2) is 0 Å². The summed E-state index contributed by atoms with van der Waals surface area (Å²) < 4.78 is 5.63. The Bertz CT molecular complexity index is 529. The lowest BCUT2D eigenvalue weighted by Crippen LogP contribution is -2.39. The van der Waals surface area contributed by atoms with E-state index < -0.39 is 0 Å². The van der Waals surface area contributed by atoms with Crippen molar-refractivity contribution in [1.82, 2.24) is 10.2 Å². The predicted molar refractivity (Wildman–Crippen MR) is 112 cm³/mol. The number of benzene rings is 1. The van der Waals surface area contributed by atoms with Gasteiger partial charge in [-0.2, -0.15) is 11.8 Å². The monoisotopic (exact) mass is 429 g/mol. The Morgan fingerprint density at radius 2 is 2.20 bits per heavy atom. The Morgan fingerprint density at radius 3 is 2.80 bits per heavy atom. The molecule has 2 rings (SSSR count). The second-order valence-corrected chi connectivity index (χ2v) is 7.33. The van der Waals surface area contributed by atoms with E-state index in [4.69, 9.17) is 16.3 Å². The molecule has 1 aliphatic rings. The first kappa shape index (κ1) is 24.6. The molecule has 0 radical (unpaired) electrons. The molecule has 144 valence electrons. The Kier molecular flexibility index (Phi) is 12.7. The second kappa shape index (κ2) is 12.9. The first-order valence-corrected chi connectivity index (χ1v) is 9.26. The average molecular weight is 431 g/mol. The largest absolute Gasteiger partial charge is 0.491 e. The summed E-state index contributed by atoms with van der Waals surface area (Å²) in [5, 5.41) is 6.76. The van der Waals surface area contributed by atoms with Crippen molar-refractivity contribution in [2.24, 2.45) is 0 Å². The van der Waals surface area contributed by atoms with E-state index in [9.17, 15) is 4.79 Å². The van der Waals surface area contributed by atoms with Gasteiger partial charge in [0, 0.05) is 42.7 Å². The Morgan fingerprint density at radius 1 is 1.44 bits per heavy atom. The fourth-order valence-corrected chi connectivity index (χ4v) is 3.40. The number of halogens is 3. The van der Waals surface area contributed by atoms with Crippen LogP contribution in [0, 0.1) is 0 Å². The van der Waals surface area contributed by atoms with Crippen molar-refractivity contribution in [1.29, 1.82) is 0 Å². The zero-order chi connectivity index (χ0) is 16.7. The Balaban J connectivity index is 0.00000288. The highest BCUT2D eigenvalue weighted by Crippen LogP contribution is 2.27. The summed E-state index contributed by atoms with van der Waals surface area (Å²) >= 11 is 8.10. The lowest BCUT2D eigenvalue weighted by Gasteiger charge is -2.22. The number of hydrogen-bond acceptors (Lipinski definition) is 5. The van der Waals surface area contributed by atoms with E-state index in [0.717, 1.165) is 24.6 Å². The van der Waals surface area contributed by atoms with Gasteiger partial charge in [0.1, 0.15) is 12.4 Å². The van der Waals surface area contributed by atoms with Crippen LogP contribution in [0.15, 0.2) is 18.2 Å². The standard InChI is InChI=1S/C16H24ClN3O2S.2ClH/c1-20(2)6-7-22-15-4-3-12(9-14(15)17)19-16(21)10-13-11-23-8-5-18-13;;/h3-4,9,13,18H,5-8,10-11H2,1-2H3,(H,19,21);2*1H. The fourth-order valence-electron chi connectivity index (χ4n) is 2.22. The Labute approximate surface area is 171 Å². The molecule has 1 aromatic rings. The summed E-state index contributed by atoms with van der Waals surface area (Å²) in [6.07, 6.45) is 0.478. The van der Waals surface area contributed by atoms with E-state index in [0.29, 0.717) is 29.5 Å². The number of carbonyl (C=O) groups excluding carboxylic acids is 1. The van der Waals surface area contributed by atoms with Gasteiger partial charge in [0.25, 0.3) is 0 Å². The molecule has 1 heterocycles. The molecule has 1 saturated heterocycles. The minimum Gasteiger partial charge on any atom is -0.491 e. The summed E-state index contributed by atoms with van der Waals surface area (Å²) in [5.74, 6) is 2.73. The van der Waals surface area contributed by atoms with Crippen molar-refractivity contribution in [3.63, 3.8) is 0 Å². The maximum absolute atomic E-state index is 12.1. The minimum absolute atomic E-state index is 0. The number of carbonyl (C=O) groups is 1. The van der Waals surface area contributed by atoms with Crippen LogP contribution in [0.3, 0.4) is 0 Å². The number of amides is 1. The van der Waals surface area contributed by atoms with Gasteiger partial charge < -0.3 is 20.3 Å². The van der Waals surface area contributed by atoms with Crippen LogP contribution >= 0.6 is 48.2 Å². The van der Waals surface area contributed by atoms with E-state index in [1.807, 2.05) is 36.8 Å². The molecule has 1 unspecified atom stereocenters. The van der Waals surface area contributed by atoms with Crippen molar-refractivity contribution < 1.29 is 9.53 Å². The van der Waals surface area contributed by atoms with Crippen LogP contribution in [0.2, 0.25) is 5.02 Å². The number of ether oxygens (including phenoxy) is 1. The zero-order valence-electron chi connectivity index (χ0n) is 14.4. The van der Waals surface area contributed by atoms with Crippen molar-refractivity contribution in [3.8, 4) is 5.75 Å². The molecular formula is C16H26Cl3N3O2S.